The number of aliphatic carboxylic acids is 1. The van der Waals surface area contributed by atoms with E-state index in [1.54, 1.807) is 17.9 Å². The molecule has 1 aliphatic heterocycles. The van der Waals surface area contributed by atoms with Gasteiger partial charge in [0.25, 0.3) is 0 Å². The minimum absolute atomic E-state index is 0.0507. The Balaban J connectivity index is 1.82. The fraction of sp³-hybridized carbons (Fsp3) is 0.500. The molecule has 2 aliphatic rings. The van der Waals surface area contributed by atoms with E-state index in [4.69, 9.17) is 11.6 Å². The lowest BCUT2D eigenvalue weighted by atomic mass is 9.90. The Morgan fingerprint density at radius 3 is 2.52 bits per heavy atom. The van der Waals surface area contributed by atoms with Crippen molar-refractivity contribution in [1.82, 2.24) is 4.90 Å². The van der Waals surface area contributed by atoms with Gasteiger partial charge in [-0.05, 0) is 43.9 Å². The molecular formula is C16H18ClNO3. The summed E-state index contributed by atoms with van der Waals surface area (Å²) in [6, 6.07) is 7.43. The van der Waals surface area contributed by atoms with Gasteiger partial charge in [0.15, 0.2) is 0 Å². The summed E-state index contributed by atoms with van der Waals surface area (Å²) >= 11 is 6.03. The highest BCUT2D eigenvalue weighted by Gasteiger charge is 2.55. The van der Waals surface area contributed by atoms with Crippen LogP contribution in [0.25, 0.3) is 0 Å². The van der Waals surface area contributed by atoms with Crippen molar-refractivity contribution >= 4 is 23.5 Å². The summed E-state index contributed by atoms with van der Waals surface area (Å²) in [7, 11) is 0. The summed E-state index contributed by atoms with van der Waals surface area (Å²) in [5.41, 5.74) is -0.349. The van der Waals surface area contributed by atoms with Crippen LogP contribution >= 0.6 is 11.6 Å². The number of benzene rings is 1. The highest BCUT2D eigenvalue weighted by molar-refractivity contribution is 6.30. The Hall–Kier alpha value is -1.55. The van der Waals surface area contributed by atoms with E-state index in [1.165, 1.54) is 0 Å². The predicted octanol–water partition coefficient (Wildman–Crippen LogP) is 2.69. The zero-order chi connectivity index (χ0) is 15.3. The van der Waals surface area contributed by atoms with Crippen molar-refractivity contribution in [2.45, 2.75) is 31.6 Å². The first-order valence-electron chi connectivity index (χ1n) is 7.16. The van der Waals surface area contributed by atoms with Gasteiger partial charge in [0, 0.05) is 18.1 Å². The predicted molar refractivity (Wildman–Crippen MR) is 79.3 cm³/mol. The molecule has 1 aromatic carbocycles. The number of carboxylic acids is 1. The van der Waals surface area contributed by atoms with E-state index in [-0.39, 0.29) is 5.91 Å². The number of carbonyl (C=O) groups is 2. The number of likely N-dealkylation sites (tertiary alicyclic amines) is 1. The third-order valence-electron chi connectivity index (χ3n) is 4.81. The van der Waals surface area contributed by atoms with Gasteiger partial charge >= 0.3 is 5.97 Å². The molecule has 0 radical (unpaired) electrons. The number of amides is 1. The van der Waals surface area contributed by atoms with Crippen LogP contribution in [-0.4, -0.2) is 35.0 Å². The molecule has 1 N–H and O–H groups in total. The van der Waals surface area contributed by atoms with Crippen LogP contribution in [0.3, 0.4) is 0 Å². The molecule has 112 valence electrons. The minimum atomic E-state index is -0.828. The zero-order valence-electron chi connectivity index (χ0n) is 11.9. The Kier molecular flexibility index (Phi) is 3.24. The summed E-state index contributed by atoms with van der Waals surface area (Å²) < 4.78 is 0. The Morgan fingerprint density at radius 1 is 1.29 bits per heavy atom. The number of hydrogen-bond acceptors (Lipinski definition) is 2. The van der Waals surface area contributed by atoms with E-state index in [2.05, 4.69) is 0 Å². The Morgan fingerprint density at radius 2 is 2.00 bits per heavy atom. The van der Waals surface area contributed by atoms with Gasteiger partial charge in [-0.1, -0.05) is 23.7 Å². The zero-order valence-corrected chi connectivity index (χ0v) is 12.7. The quantitative estimate of drug-likeness (QED) is 0.934. The SMILES string of the molecule is CC1(C(=O)O)CCN(C(=O)C2(c3cccc(Cl)c3)CC2)C1. The normalized spacial score (nSPS) is 26.7. The van der Waals surface area contributed by atoms with Crippen LogP contribution in [0.15, 0.2) is 24.3 Å². The number of nitrogens with zero attached hydrogens (tertiary/aromatic N) is 1. The van der Waals surface area contributed by atoms with Crippen LogP contribution in [0.4, 0.5) is 0 Å². The van der Waals surface area contributed by atoms with Gasteiger partial charge in [0.1, 0.15) is 0 Å². The van der Waals surface area contributed by atoms with E-state index in [1.807, 2.05) is 18.2 Å². The topological polar surface area (TPSA) is 57.6 Å². The molecule has 1 aliphatic carbocycles. The van der Waals surface area contributed by atoms with Gasteiger partial charge in [-0.3, -0.25) is 9.59 Å². The Labute approximate surface area is 128 Å². The fourth-order valence-corrected chi connectivity index (χ4v) is 3.34. The molecule has 1 atom stereocenters. The van der Waals surface area contributed by atoms with Crippen LogP contribution in [0.1, 0.15) is 31.7 Å². The second-order valence-electron chi connectivity index (χ2n) is 6.43. The summed E-state index contributed by atoms with van der Waals surface area (Å²) in [6.07, 6.45) is 2.14. The van der Waals surface area contributed by atoms with E-state index in [9.17, 15) is 14.7 Å². The van der Waals surface area contributed by atoms with E-state index in [0.29, 0.717) is 24.5 Å². The third-order valence-corrected chi connectivity index (χ3v) is 5.05. The van der Waals surface area contributed by atoms with E-state index >= 15 is 0 Å². The maximum Gasteiger partial charge on any atom is 0.311 e. The van der Waals surface area contributed by atoms with Crippen molar-refractivity contribution in [3.63, 3.8) is 0 Å². The molecule has 5 heteroatoms. The first kappa shape index (κ1) is 14.4. The second-order valence-corrected chi connectivity index (χ2v) is 6.87. The average Bonchev–Trinajstić information content (AvgIpc) is 3.15. The van der Waals surface area contributed by atoms with Crippen LogP contribution in [-0.2, 0) is 15.0 Å². The number of carbonyl (C=O) groups excluding carboxylic acids is 1. The van der Waals surface area contributed by atoms with Crippen LogP contribution < -0.4 is 0 Å². The third kappa shape index (κ3) is 2.31. The second kappa shape index (κ2) is 4.73. The highest BCUT2D eigenvalue weighted by Crippen LogP contribution is 2.51. The first-order valence-corrected chi connectivity index (χ1v) is 7.54. The van der Waals surface area contributed by atoms with Gasteiger partial charge in [-0.25, -0.2) is 0 Å². The van der Waals surface area contributed by atoms with E-state index < -0.39 is 16.8 Å². The van der Waals surface area contributed by atoms with Crippen molar-refractivity contribution < 1.29 is 14.7 Å². The van der Waals surface area contributed by atoms with E-state index in [0.717, 1.165) is 18.4 Å². The lowest BCUT2D eigenvalue weighted by molar-refractivity contribution is -0.147. The molecule has 4 nitrogen and oxygen atoms in total. The largest absolute Gasteiger partial charge is 0.481 e. The number of rotatable bonds is 3. The Bertz CT molecular complexity index is 611. The van der Waals surface area contributed by atoms with Crippen molar-refractivity contribution in [3.8, 4) is 0 Å². The lowest BCUT2D eigenvalue weighted by Gasteiger charge is -2.25. The first-order chi connectivity index (χ1) is 9.87. The van der Waals surface area contributed by atoms with Gasteiger partial charge in [0.2, 0.25) is 5.91 Å². The van der Waals surface area contributed by atoms with Crippen LogP contribution in [0, 0.1) is 5.41 Å². The van der Waals surface area contributed by atoms with Gasteiger partial charge in [0.05, 0.1) is 10.8 Å². The number of hydrogen-bond donors (Lipinski definition) is 1. The molecule has 0 bridgehead atoms. The van der Waals surface area contributed by atoms with Crippen molar-refractivity contribution in [2.75, 3.05) is 13.1 Å². The number of carboxylic acid groups (broad SMARTS) is 1. The minimum Gasteiger partial charge on any atom is -0.481 e. The van der Waals surface area contributed by atoms with Gasteiger partial charge in [-0.15, -0.1) is 0 Å². The summed E-state index contributed by atoms with van der Waals surface area (Å²) in [6.45, 7) is 2.52. The summed E-state index contributed by atoms with van der Waals surface area (Å²) in [5.74, 6) is -0.778. The fourth-order valence-electron chi connectivity index (χ4n) is 3.15. The molecule has 1 heterocycles. The number of halogens is 1. The molecule has 0 aromatic heterocycles. The molecule has 1 amide bonds. The van der Waals surface area contributed by atoms with Crippen molar-refractivity contribution in [3.05, 3.63) is 34.9 Å². The average molecular weight is 308 g/mol. The molecule has 1 saturated heterocycles. The summed E-state index contributed by atoms with van der Waals surface area (Å²) in [5, 5.41) is 9.92. The highest BCUT2D eigenvalue weighted by atomic mass is 35.5. The molecule has 0 spiro atoms. The molecule has 1 aromatic rings. The molecule has 1 saturated carbocycles. The molecular weight excluding hydrogens is 290 g/mol. The maximum absolute atomic E-state index is 12.8. The van der Waals surface area contributed by atoms with Crippen LogP contribution in [0.5, 0.6) is 0 Å². The molecule has 3 rings (SSSR count). The van der Waals surface area contributed by atoms with Gasteiger partial charge < -0.3 is 10.0 Å². The maximum atomic E-state index is 12.8. The molecule has 21 heavy (non-hydrogen) atoms. The smallest absolute Gasteiger partial charge is 0.311 e. The van der Waals surface area contributed by atoms with Crippen LogP contribution in [0.2, 0.25) is 5.02 Å². The lowest BCUT2D eigenvalue weighted by Crippen LogP contribution is -2.40. The monoisotopic (exact) mass is 307 g/mol. The molecule has 1 unspecified atom stereocenters. The van der Waals surface area contributed by atoms with Crippen molar-refractivity contribution in [1.29, 1.82) is 0 Å². The van der Waals surface area contributed by atoms with Gasteiger partial charge in [-0.2, -0.15) is 0 Å². The summed E-state index contributed by atoms with van der Waals surface area (Å²) in [4.78, 5) is 25.9. The molecule has 2 fully saturated rings. The standard InChI is InChI=1S/C16H18ClNO3/c1-15(14(20)21)7-8-18(10-15)13(19)16(5-6-16)11-3-2-4-12(17)9-11/h2-4,9H,5-8,10H2,1H3,(H,20,21). The van der Waals surface area contributed by atoms with Crippen molar-refractivity contribution in [2.24, 2.45) is 5.41 Å².